The topological polar surface area (TPSA) is 29.5 Å². The lowest BCUT2D eigenvalue weighted by atomic mass is 9.90. The third-order valence-corrected chi connectivity index (χ3v) is 4.87. The lowest BCUT2D eigenvalue weighted by Gasteiger charge is -2.40. The first-order valence-electron chi connectivity index (χ1n) is 6.93. The van der Waals surface area contributed by atoms with E-state index in [0.29, 0.717) is 6.61 Å². The molecule has 3 nitrogen and oxygen atoms in total. The van der Waals surface area contributed by atoms with Crippen LogP contribution >= 0.6 is 22.6 Å². The highest BCUT2D eigenvalue weighted by molar-refractivity contribution is 14.1. The molecule has 1 amide bonds. The van der Waals surface area contributed by atoms with E-state index in [1.807, 2.05) is 29.2 Å². The van der Waals surface area contributed by atoms with Crippen molar-refractivity contribution < 1.29 is 9.53 Å². The van der Waals surface area contributed by atoms with Crippen molar-refractivity contribution in [2.45, 2.75) is 37.8 Å². The van der Waals surface area contributed by atoms with Gasteiger partial charge in [0, 0.05) is 15.7 Å². The fraction of sp³-hybridized carbons (Fsp3) is 0.533. The number of benzene rings is 1. The summed E-state index contributed by atoms with van der Waals surface area (Å²) in [6.45, 7) is 1.40. The lowest BCUT2D eigenvalue weighted by molar-refractivity contribution is -0.0919. The molecule has 3 rings (SSSR count). The van der Waals surface area contributed by atoms with Gasteiger partial charge in [-0.05, 0) is 72.5 Å². The van der Waals surface area contributed by atoms with Gasteiger partial charge < -0.3 is 9.64 Å². The summed E-state index contributed by atoms with van der Waals surface area (Å²) in [4.78, 5) is 14.6. The van der Waals surface area contributed by atoms with Gasteiger partial charge in [0.25, 0.3) is 5.91 Å². The molecule has 0 aromatic heterocycles. The molecule has 0 unspecified atom stereocenters. The van der Waals surface area contributed by atoms with Crippen molar-refractivity contribution in [3.8, 4) is 0 Å². The van der Waals surface area contributed by atoms with Crippen LogP contribution in [0.4, 0.5) is 0 Å². The maximum absolute atomic E-state index is 12.7. The van der Waals surface area contributed by atoms with Crippen LogP contribution in [-0.2, 0) is 4.74 Å². The molecule has 1 aromatic carbocycles. The molecule has 1 aliphatic heterocycles. The number of nitrogens with zero attached hydrogens (tertiary/aromatic N) is 1. The van der Waals surface area contributed by atoms with E-state index < -0.39 is 0 Å². The quantitative estimate of drug-likeness (QED) is 0.708. The predicted molar refractivity (Wildman–Crippen MR) is 82.0 cm³/mol. The number of halogens is 1. The van der Waals surface area contributed by atoms with E-state index in [0.717, 1.165) is 41.4 Å². The first-order valence-corrected chi connectivity index (χ1v) is 8.01. The fourth-order valence-corrected chi connectivity index (χ4v) is 3.52. The second-order valence-electron chi connectivity index (χ2n) is 5.32. The van der Waals surface area contributed by atoms with Crippen LogP contribution in [0.5, 0.6) is 0 Å². The van der Waals surface area contributed by atoms with Gasteiger partial charge in [-0.1, -0.05) is 6.42 Å². The highest BCUT2D eigenvalue weighted by Crippen LogP contribution is 2.38. The van der Waals surface area contributed by atoms with Gasteiger partial charge in [-0.15, -0.1) is 0 Å². The molecule has 1 aromatic rings. The summed E-state index contributed by atoms with van der Waals surface area (Å²) < 4.78 is 7.12. The number of hydrogen-bond donors (Lipinski definition) is 0. The lowest BCUT2D eigenvalue weighted by Crippen LogP contribution is -2.49. The Kier molecular flexibility index (Phi) is 3.80. The molecular formula is C15H18INO2. The Labute approximate surface area is 127 Å². The maximum Gasteiger partial charge on any atom is 0.256 e. The Morgan fingerprint density at radius 1 is 1.16 bits per heavy atom. The standard InChI is InChI=1S/C15H18INO2/c16-13-6-4-12(5-7-13)14(18)17-10-11-19-15(17)8-2-1-3-9-15/h4-7H,1-3,8-11H2. The molecule has 4 heteroatoms. The van der Waals surface area contributed by atoms with E-state index >= 15 is 0 Å². The fourth-order valence-electron chi connectivity index (χ4n) is 3.16. The van der Waals surface area contributed by atoms with Gasteiger partial charge in [0.2, 0.25) is 0 Å². The van der Waals surface area contributed by atoms with Gasteiger partial charge in [-0.3, -0.25) is 4.79 Å². The summed E-state index contributed by atoms with van der Waals surface area (Å²) in [5.41, 5.74) is 0.467. The molecule has 1 saturated carbocycles. The molecule has 1 spiro atoms. The number of rotatable bonds is 1. The third kappa shape index (κ3) is 2.52. The van der Waals surface area contributed by atoms with Gasteiger partial charge in [0.1, 0.15) is 5.72 Å². The van der Waals surface area contributed by atoms with Crippen molar-refractivity contribution in [1.29, 1.82) is 0 Å². The van der Waals surface area contributed by atoms with Crippen molar-refractivity contribution in [2.24, 2.45) is 0 Å². The second kappa shape index (κ2) is 5.40. The van der Waals surface area contributed by atoms with Crippen molar-refractivity contribution in [1.82, 2.24) is 4.90 Å². The molecule has 102 valence electrons. The zero-order valence-electron chi connectivity index (χ0n) is 10.9. The Morgan fingerprint density at radius 3 is 2.53 bits per heavy atom. The van der Waals surface area contributed by atoms with Crippen LogP contribution in [-0.4, -0.2) is 29.7 Å². The van der Waals surface area contributed by atoms with Crippen LogP contribution in [0.3, 0.4) is 0 Å². The Hall–Kier alpha value is -0.620. The van der Waals surface area contributed by atoms with Crippen LogP contribution in [0.15, 0.2) is 24.3 Å². The number of ether oxygens (including phenoxy) is 1. The first kappa shape index (κ1) is 13.4. The van der Waals surface area contributed by atoms with Crippen molar-refractivity contribution >= 4 is 28.5 Å². The molecule has 1 heterocycles. The molecule has 1 aliphatic carbocycles. The molecule has 2 aliphatic rings. The van der Waals surface area contributed by atoms with E-state index in [1.165, 1.54) is 6.42 Å². The maximum atomic E-state index is 12.7. The van der Waals surface area contributed by atoms with Crippen LogP contribution in [0.1, 0.15) is 42.5 Å². The zero-order chi connectivity index (χ0) is 13.3. The summed E-state index contributed by atoms with van der Waals surface area (Å²) in [6, 6.07) is 7.80. The van der Waals surface area contributed by atoms with Gasteiger partial charge in [0.15, 0.2) is 0 Å². The summed E-state index contributed by atoms with van der Waals surface area (Å²) >= 11 is 2.26. The first-order chi connectivity index (χ1) is 9.21. The minimum Gasteiger partial charge on any atom is -0.354 e. The molecule has 0 N–H and O–H groups in total. The van der Waals surface area contributed by atoms with E-state index in [4.69, 9.17) is 4.74 Å². The highest BCUT2D eigenvalue weighted by atomic mass is 127. The molecule has 1 saturated heterocycles. The smallest absolute Gasteiger partial charge is 0.256 e. The molecule has 0 bridgehead atoms. The molecular weight excluding hydrogens is 353 g/mol. The third-order valence-electron chi connectivity index (χ3n) is 4.15. The van der Waals surface area contributed by atoms with Gasteiger partial charge in [-0.25, -0.2) is 0 Å². The predicted octanol–water partition coefficient (Wildman–Crippen LogP) is 3.42. The van der Waals surface area contributed by atoms with Gasteiger partial charge in [-0.2, -0.15) is 0 Å². The zero-order valence-corrected chi connectivity index (χ0v) is 13.1. The van der Waals surface area contributed by atoms with Crippen LogP contribution in [0.2, 0.25) is 0 Å². The van der Waals surface area contributed by atoms with Crippen molar-refractivity contribution in [2.75, 3.05) is 13.2 Å². The SMILES string of the molecule is O=C(c1ccc(I)cc1)N1CCOC12CCCCC2. The summed E-state index contributed by atoms with van der Waals surface area (Å²) in [6.07, 6.45) is 5.57. The highest BCUT2D eigenvalue weighted by Gasteiger charge is 2.45. The van der Waals surface area contributed by atoms with E-state index in [1.54, 1.807) is 0 Å². The van der Waals surface area contributed by atoms with Gasteiger partial charge >= 0.3 is 0 Å². The van der Waals surface area contributed by atoms with Crippen LogP contribution in [0, 0.1) is 3.57 Å². The van der Waals surface area contributed by atoms with Crippen molar-refractivity contribution in [3.05, 3.63) is 33.4 Å². The van der Waals surface area contributed by atoms with Crippen LogP contribution in [0.25, 0.3) is 0 Å². The summed E-state index contributed by atoms with van der Waals surface area (Å²) in [5.74, 6) is 0.121. The van der Waals surface area contributed by atoms with E-state index in [2.05, 4.69) is 22.6 Å². The molecule has 0 radical (unpaired) electrons. The summed E-state index contributed by atoms with van der Waals surface area (Å²) in [7, 11) is 0. The van der Waals surface area contributed by atoms with Crippen LogP contribution < -0.4 is 0 Å². The number of hydrogen-bond acceptors (Lipinski definition) is 2. The average molecular weight is 371 g/mol. The molecule has 2 fully saturated rings. The Bertz CT molecular complexity index is 466. The van der Waals surface area contributed by atoms with E-state index in [9.17, 15) is 4.79 Å². The minimum absolute atomic E-state index is 0.121. The molecule has 0 atom stereocenters. The monoisotopic (exact) mass is 371 g/mol. The average Bonchev–Trinajstić information content (AvgIpc) is 2.83. The summed E-state index contributed by atoms with van der Waals surface area (Å²) in [5, 5.41) is 0. The number of carbonyl (C=O) groups excluding carboxylic acids is 1. The number of carbonyl (C=O) groups is 1. The molecule has 19 heavy (non-hydrogen) atoms. The normalized spacial score (nSPS) is 21.8. The second-order valence-corrected chi connectivity index (χ2v) is 6.56. The number of amides is 1. The Balaban J connectivity index is 1.84. The Morgan fingerprint density at radius 2 is 1.84 bits per heavy atom. The van der Waals surface area contributed by atoms with Gasteiger partial charge in [0.05, 0.1) is 6.61 Å². The van der Waals surface area contributed by atoms with E-state index in [-0.39, 0.29) is 11.6 Å². The van der Waals surface area contributed by atoms with Crippen molar-refractivity contribution in [3.63, 3.8) is 0 Å². The minimum atomic E-state index is -0.307. The largest absolute Gasteiger partial charge is 0.354 e.